The Labute approximate surface area is 164 Å². The predicted octanol–water partition coefficient (Wildman–Crippen LogP) is 3.64. The molecule has 1 saturated carbocycles. The summed E-state index contributed by atoms with van der Waals surface area (Å²) in [5.74, 6) is 0.355. The second-order valence-electron chi connectivity index (χ2n) is 7.66. The maximum absolute atomic E-state index is 12.4. The number of nitrogens with zero attached hydrogens (tertiary/aromatic N) is 4. The molecule has 144 valence electrons. The van der Waals surface area contributed by atoms with Crippen LogP contribution in [0.25, 0.3) is 0 Å². The van der Waals surface area contributed by atoms with Gasteiger partial charge in [-0.3, -0.25) is 4.79 Å². The van der Waals surface area contributed by atoms with Crippen LogP contribution in [-0.2, 0) is 17.6 Å². The van der Waals surface area contributed by atoms with E-state index >= 15 is 0 Å². The van der Waals surface area contributed by atoms with Crippen molar-refractivity contribution >= 4 is 17.7 Å². The molecule has 0 aliphatic heterocycles. The van der Waals surface area contributed by atoms with Gasteiger partial charge in [-0.2, -0.15) is 0 Å². The highest BCUT2D eigenvalue weighted by Crippen LogP contribution is 2.31. The number of carbonyl (C=O) groups is 1. The van der Waals surface area contributed by atoms with Crippen LogP contribution in [0.5, 0.6) is 0 Å². The Morgan fingerprint density at radius 2 is 2.00 bits per heavy atom. The standard InChI is InChI=1S/C20H27N5OS/c1-14(16-11-10-15-6-2-3-7-17(15)12-16)21-19(26)13-27-20-22-23-24-25(20)18-8-4-5-9-18/h10-12,14,18H,2-9,13H2,1H3,(H,21,26)/t14-/m0/s1. The molecule has 27 heavy (non-hydrogen) atoms. The summed E-state index contributed by atoms with van der Waals surface area (Å²) < 4.78 is 1.90. The normalized spacial score (nSPS) is 18.3. The monoisotopic (exact) mass is 385 g/mol. The minimum atomic E-state index is 0.0103. The van der Waals surface area contributed by atoms with Crippen molar-refractivity contribution in [2.45, 2.75) is 75.5 Å². The highest BCUT2D eigenvalue weighted by atomic mass is 32.2. The number of hydrogen-bond acceptors (Lipinski definition) is 5. The molecule has 1 N–H and O–H groups in total. The number of benzene rings is 1. The van der Waals surface area contributed by atoms with Crippen molar-refractivity contribution < 1.29 is 4.79 Å². The SMILES string of the molecule is C[C@H](NC(=O)CSc1nnnn1C1CCCC1)c1ccc2c(c1)CCCC2. The van der Waals surface area contributed by atoms with Crippen molar-refractivity contribution in [3.8, 4) is 0 Å². The van der Waals surface area contributed by atoms with E-state index < -0.39 is 0 Å². The van der Waals surface area contributed by atoms with E-state index in [1.807, 2.05) is 4.68 Å². The van der Waals surface area contributed by atoms with Crippen LogP contribution in [0.4, 0.5) is 0 Å². The molecular formula is C20H27N5OS. The van der Waals surface area contributed by atoms with E-state index in [0.29, 0.717) is 11.8 Å². The maximum Gasteiger partial charge on any atom is 0.230 e. The lowest BCUT2D eigenvalue weighted by atomic mass is 9.89. The second-order valence-corrected chi connectivity index (χ2v) is 8.60. The van der Waals surface area contributed by atoms with Gasteiger partial charge in [-0.25, -0.2) is 4.68 Å². The lowest BCUT2D eigenvalue weighted by Crippen LogP contribution is -2.28. The number of amides is 1. The molecule has 1 heterocycles. The van der Waals surface area contributed by atoms with Gasteiger partial charge in [-0.05, 0) is 72.6 Å². The molecule has 1 aromatic heterocycles. The first-order valence-electron chi connectivity index (χ1n) is 10.0. The molecule has 0 saturated heterocycles. The molecular weight excluding hydrogens is 358 g/mol. The van der Waals surface area contributed by atoms with Crippen LogP contribution in [0.2, 0.25) is 0 Å². The van der Waals surface area contributed by atoms with E-state index in [2.05, 4.69) is 46.0 Å². The molecule has 1 aromatic carbocycles. The minimum absolute atomic E-state index is 0.0103. The number of fused-ring (bicyclic) bond motifs is 1. The number of aromatic nitrogens is 4. The first kappa shape index (κ1) is 18.5. The molecule has 4 rings (SSSR count). The predicted molar refractivity (Wildman–Crippen MR) is 106 cm³/mol. The first-order valence-corrected chi connectivity index (χ1v) is 11.0. The van der Waals surface area contributed by atoms with E-state index in [4.69, 9.17) is 0 Å². The quantitative estimate of drug-likeness (QED) is 0.769. The van der Waals surface area contributed by atoms with Crippen LogP contribution < -0.4 is 5.32 Å². The number of rotatable bonds is 6. The highest BCUT2D eigenvalue weighted by Gasteiger charge is 2.22. The number of tetrazole rings is 1. The maximum atomic E-state index is 12.4. The number of hydrogen-bond donors (Lipinski definition) is 1. The Bertz CT molecular complexity index is 799. The van der Waals surface area contributed by atoms with E-state index in [-0.39, 0.29) is 11.9 Å². The third kappa shape index (κ3) is 4.34. The number of aryl methyl sites for hydroxylation is 2. The Kier molecular flexibility index (Phi) is 5.76. The molecule has 0 bridgehead atoms. The van der Waals surface area contributed by atoms with Gasteiger partial charge in [-0.1, -0.05) is 42.8 Å². The van der Waals surface area contributed by atoms with Crippen molar-refractivity contribution in [3.63, 3.8) is 0 Å². The fourth-order valence-electron chi connectivity index (χ4n) is 4.18. The summed E-state index contributed by atoms with van der Waals surface area (Å²) in [6, 6.07) is 7.06. The van der Waals surface area contributed by atoms with Crippen LogP contribution in [-0.4, -0.2) is 31.9 Å². The Balaban J connectivity index is 1.32. The van der Waals surface area contributed by atoms with Gasteiger partial charge in [0.05, 0.1) is 17.8 Å². The molecule has 1 atom stereocenters. The van der Waals surface area contributed by atoms with Crippen molar-refractivity contribution in [3.05, 3.63) is 34.9 Å². The third-order valence-corrected chi connectivity index (χ3v) is 6.65. The largest absolute Gasteiger partial charge is 0.349 e. The summed E-state index contributed by atoms with van der Waals surface area (Å²) in [7, 11) is 0. The number of carbonyl (C=O) groups excluding carboxylic acids is 1. The van der Waals surface area contributed by atoms with Gasteiger partial charge < -0.3 is 5.32 Å². The fraction of sp³-hybridized carbons (Fsp3) is 0.600. The van der Waals surface area contributed by atoms with Gasteiger partial charge in [0.1, 0.15) is 0 Å². The lowest BCUT2D eigenvalue weighted by molar-refractivity contribution is -0.119. The van der Waals surface area contributed by atoms with Crippen molar-refractivity contribution in [2.75, 3.05) is 5.75 Å². The first-order chi connectivity index (χ1) is 13.2. The summed E-state index contributed by atoms with van der Waals surface area (Å²) in [5.41, 5.74) is 4.10. The lowest BCUT2D eigenvalue weighted by Gasteiger charge is -2.20. The van der Waals surface area contributed by atoms with Gasteiger partial charge in [0, 0.05) is 0 Å². The molecule has 2 aliphatic carbocycles. The van der Waals surface area contributed by atoms with Crippen LogP contribution in [0.3, 0.4) is 0 Å². The van der Waals surface area contributed by atoms with Crippen molar-refractivity contribution in [1.82, 2.24) is 25.5 Å². The van der Waals surface area contributed by atoms with E-state index in [9.17, 15) is 4.79 Å². The smallest absolute Gasteiger partial charge is 0.230 e. The van der Waals surface area contributed by atoms with Gasteiger partial charge >= 0.3 is 0 Å². The molecule has 0 spiro atoms. The molecule has 0 radical (unpaired) electrons. The van der Waals surface area contributed by atoms with Crippen LogP contribution in [0.15, 0.2) is 23.4 Å². The Morgan fingerprint density at radius 1 is 1.22 bits per heavy atom. The average molecular weight is 386 g/mol. The van der Waals surface area contributed by atoms with Crippen LogP contribution in [0.1, 0.15) is 74.2 Å². The average Bonchev–Trinajstić information content (AvgIpc) is 3.37. The summed E-state index contributed by atoms with van der Waals surface area (Å²) in [6.45, 7) is 2.05. The highest BCUT2D eigenvalue weighted by molar-refractivity contribution is 7.99. The van der Waals surface area contributed by atoms with Gasteiger partial charge in [0.2, 0.25) is 11.1 Å². The molecule has 7 heteroatoms. The van der Waals surface area contributed by atoms with Gasteiger partial charge in [0.15, 0.2) is 0 Å². The number of nitrogens with one attached hydrogen (secondary N) is 1. The van der Waals surface area contributed by atoms with E-state index in [1.54, 1.807) is 0 Å². The van der Waals surface area contributed by atoms with Crippen LogP contribution in [0, 0.1) is 0 Å². The van der Waals surface area contributed by atoms with Gasteiger partial charge in [0.25, 0.3) is 0 Å². The number of thioether (sulfide) groups is 1. The van der Waals surface area contributed by atoms with E-state index in [0.717, 1.165) is 24.4 Å². The zero-order valence-electron chi connectivity index (χ0n) is 15.9. The Hall–Kier alpha value is -1.89. The van der Waals surface area contributed by atoms with Gasteiger partial charge in [-0.15, -0.1) is 5.10 Å². The molecule has 2 aliphatic rings. The molecule has 6 nitrogen and oxygen atoms in total. The zero-order chi connectivity index (χ0) is 18.6. The molecule has 0 unspecified atom stereocenters. The summed E-state index contributed by atoms with van der Waals surface area (Å²) >= 11 is 1.42. The van der Waals surface area contributed by atoms with Crippen LogP contribution >= 0.6 is 11.8 Å². The second kappa shape index (κ2) is 8.42. The van der Waals surface area contributed by atoms with E-state index in [1.165, 1.54) is 60.6 Å². The summed E-state index contributed by atoms with van der Waals surface area (Å²) in [5, 5.41) is 15.9. The zero-order valence-corrected chi connectivity index (χ0v) is 16.7. The Morgan fingerprint density at radius 3 is 2.81 bits per heavy atom. The topological polar surface area (TPSA) is 72.7 Å². The minimum Gasteiger partial charge on any atom is -0.349 e. The van der Waals surface area contributed by atoms with Crippen molar-refractivity contribution in [1.29, 1.82) is 0 Å². The third-order valence-electron chi connectivity index (χ3n) is 5.72. The fourth-order valence-corrected chi connectivity index (χ4v) is 4.93. The molecule has 1 fully saturated rings. The molecule has 1 amide bonds. The summed E-state index contributed by atoms with van der Waals surface area (Å²) in [6.07, 6.45) is 9.60. The summed E-state index contributed by atoms with van der Waals surface area (Å²) in [4.78, 5) is 12.4. The van der Waals surface area contributed by atoms with Crippen molar-refractivity contribution in [2.24, 2.45) is 0 Å². The molecule has 2 aromatic rings.